The molecule has 0 bridgehead atoms. The lowest BCUT2D eigenvalue weighted by Crippen LogP contribution is -2.28. The van der Waals surface area contributed by atoms with Crippen LogP contribution in [-0.4, -0.2) is 11.7 Å². The number of benzene rings is 4. The highest BCUT2D eigenvalue weighted by Crippen LogP contribution is 2.40. The summed E-state index contributed by atoms with van der Waals surface area (Å²) < 4.78 is 12.1. The Balaban J connectivity index is 1.77. The Kier molecular flexibility index (Phi) is 6.88. The van der Waals surface area contributed by atoms with Crippen LogP contribution in [0.2, 0.25) is 0 Å². The molecule has 3 nitrogen and oxygen atoms in total. The van der Waals surface area contributed by atoms with Crippen LogP contribution in [0.1, 0.15) is 28.7 Å². The zero-order valence-electron chi connectivity index (χ0n) is 18.0. The van der Waals surface area contributed by atoms with Crippen molar-refractivity contribution >= 4 is 0 Å². The van der Waals surface area contributed by atoms with Crippen molar-refractivity contribution in [1.29, 1.82) is 0 Å². The SMILES string of the molecule is [CH2]CCOc1ccc(C(O)(c2ccccc2)c2ccccc2)cc1OCc1ccccc1. The molecule has 0 spiro atoms. The van der Waals surface area contributed by atoms with Gasteiger partial charge in [0.1, 0.15) is 12.2 Å². The first kappa shape index (κ1) is 21.7. The summed E-state index contributed by atoms with van der Waals surface area (Å²) in [4.78, 5) is 0. The minimum Gasteiger partial charge on any atom is -0.490 e. The zero-order valence-corrected chi connectivity index (χ0v) is 18.0. The van der Waals surface area contributed by atoms with Gasteiger partial charge >= 0.3 is 0 Å². The highest BCUT2D eigenvalue weighted by atomic mass is 16.5. The molecule has 0 aromatic heterocycles. The van der Waals surface area contributed by atoms with Crippen LogP contribution in [0, 0.1) is 6.92 Å². The van der Waals surface area contributed by atoms with Crippen molar-refractivity contribution in [2.45, 2.75) is 18.6 Å². The van der Waals surface area contributed by atoms with Crippen LogP contribution in [0.15, 0.2) is 109 Å². The molecule has 0 aliphatic heterocycles. The van der Waals surface area contributed by atoms with Crippen LogP contribution in [0.3, 0.4) is 0 Å². The monoisotopic (exact) mass is 423 g/mol. The largest absolute Gasteiger partial charge is 0.490 e. The average Bonchev–Trinajstić information content (AvgIpc) is 2.87. The lowest BCUT2D eigenvalue weighted by Gasteiger charge is -2.30. The second-order valence-corrected chi connectivity index (χ2v) is 7.58. The third-order valence-electron chi connectivity index (χ3n) is 5.38. The lowest BCUT2D eigenvalue weighted by molar-refractivity contribution is 0.125. The van der Waals surface area contributed by atoms with Crippen molar-refractivity contribution in [3.05, 3.63) is 138 Å². The van der Waals surface area contributed by atoms with Crippen molar-refractivity contribution in [3.63, 3.8) is 0 Å². The van der Waals surface area contributed by atoms with Crippen molar-refractivity contribution in [2.75, 3.05) is 6.61 Å². The van der Waals surface area contributed by atoms with E-state index in [0.717, 1.165) is 16.7 Å². The van der Waals surface area contributed by atoms with Gasteiger partial charge in [0.2, 0.25) is 0 Å². The quantitative estimate of drug-likeness (QED) is 0.328. The predicted octanol–water partition coefficient (Wildman–Crippen LogP) is 6.15. The second-order valence-electron chi connectivity index (χ2n) is 7.58. The Hall–Kier alpha value is -3.56. The molecule has 1 radical (unpaired) electrons. The number of rotatable bonds is 9. The molecule has 161 valence electrons. The van der Waals surface area contributed by atoms with Gasteiger partial charge in [-0.05, 0) is 47.7 Å². The van der Waals surface area contributed by atoms with Gasteiger partial charge in [0.25, 0.3) is 0 Å². The fraction of sp³-hybridized carbons (Fsp3) is 0.138. The Labute approximate surface area is 189 Å². The molecular weight excluding hydrogens is 396 g/mol. The van der Waals surface area contributed by atoms with Crippen LogP contribution in [-0.2, 0) is 12.2 Å². The van der Waals surface area contributed by atoms with E-state index in [1.165, 1.54) is 0 Å². The molecule has 0 heterocycles. The molecule has 4 aromatic rings. The number of hydrogen-bond donors (Lipinski definition) is 1. The zero-order chi connectivity index (χ0) is 22.2. The maximum absolute atomic E-state index is 12.1. The summed E-state index contributed by atoms with van der Waals surface area (Å²) in [6.45, 7) is 4.75. The molecule has 1 N–H and O–H groups in total. The molecule has 0 amide bonds. The predicted molar refractivity (Wildman–Crippen MR) is 128 cm³/mol. The first-order chi connectivity index (χ1) is 15.7. The van der Waals surface area contributed by atoms with Gasteiger partial charge in [0.05, 0.1) is 6.61 Å². The van der Waals surface area contributed by atoms with Crippen molar-refractivity contribution in [3.8, 4) is 11.5 Å². The van der Waals surface area contributed by atoms with Gasteiger partial charge in [0.15, 0.2) is 11.5 Å². The normalized spacial score (nSPS) is 11.2. The van der Waals surface area contributed by atoms with E-state index in [0.29, 0.717) is 36.7 Å². The van der Waals surface area contributed by atoms with E-state index in [1.54, 1.807) is 0 Å². The second kappa shape index (κ2) is 10.2. The van der Waals surface area contributed by atoms with Crippen LogP contribution in [0.5, 0.6) is 11.5 Å². The van der Waals surface area contributed by atoms with E-state index in [1.807, 2.05) is 109 Å². The van der Waals surface area contributed by atoms with Crippen molar-refractivity contribution < 1.29 is 14.6 Å². The van der Waals surface area contributed by atoms with E-state index in [9.17, 15) is 5.11 Å². The summed E-state index contributed by atoms with van der Waals surface area (Å²) in [5.41, 5.74) is 2.00. The standard InChI is InChI=1S/C29H27O3/c1-2-20-31-27-19-18-26(21-28(27)32-22-23-12-6-3-7-13-23)29(30,24-14-8-4-9-15-24)25-16-10-5-11-17-25/h3-19,21,30H,1-2,20,22H2. The minimum absolute atomic E-state index is 0.403. The molecule has 0 saturated heterocycles. The van der Waals surface area contributed by atoms with Crippen LogP contribution in [0.4, 0.5) is 0 Å². The Morgan fingerprint density at radius 1 is 0.625 bits per heavy atom. The third kappa shape index (κ3) is 4.68. The summed E-state index contributed by atoms with van der Waals surface area (Å²) >= 11 is 0. The fourth-order valence-corrected chi connectivity index (χ4v) is 3.74. The highest BCUT2D eigenvalue weighted by molar-refractivity contribution is 5.52. The van der Waals surface area contributed by atoms with Gasteiger partial charge in [-0.15, -0.1) is 0 Å². The van der Waals surface area contributed by atoms with Crippen LogP contribution < -0.4 is 9.47 Å². The average molecular weight is 424 g/mol. The van der Waals surface area contributed by atoms with Crippen LogP contribution >= 0.6 is 0 Å². The van der Waals surface area contributed by atoms with Crippen molar-refractivity contribution in [1.82, 2.24) is 0 Å². The maximum atomic E-state index is 12.1. The molecule has 32 heavy (non-hydrogen) atoms. The molecule has 0 atom stereocenters. The summed E-state index contributed by atoms with van der Waals surface area (Å²) in [6.07, 6.45) is 0.651. The number of hydrogen-bond acceptors (Lipinski definition) is 3. The minimum atomic E-state index is -1.34. The first-order valence-electron chi connectivity index (χ1n) is 10.8. The summed E-state index contributed by atoms with van der Waals surface area (Å²) in [6, 6.07) is 35.0. The van der Waals surface area contributed by atoms with Gasteiger partial charge in [0, 0.05) is 0 Å². The lowest BCUT2D eigenvalue weighted by atomic mass is 9.80. The van der Waals surface area contributed by atoms with E-state index >= 15 is 0 Å². The van der Waals surface area contributed by atoms with Crippen LogP contribution in [0.25, 0.3) is 0 Å². The van der Waals surface area contributed by atoms with Gasteiger partial charge in [-0.25, -0.2) is 0 Å². The summed E-state index contributed by atoms with van der Waals surface area (Å²) in [7, 11) is 0. The Morgan fingerprint density at radius 2 is 1.19 bits per heavy atom. The Morgan fingerprint density at radius 3 is 1.75 bits per heavy atom. The highest BCUT2D eigenvalue weighted by Gasteiger charge is 2.34. The first-order valence-corrected chi connectivity index (χ1v) is 10.8. The molecular formula is C29H27O3. The number of aliphatic hydroxyl groups is 1. The molecule has 0 saturated carbocycles. The fourth-order valence-electron chi connectivity index (χ4n) is 3.74. The van der Waals surface area contributed by atoms with Crippen molar-refractivity contribution in [2.24, 2.45) is 0 Å². The molecule has 0 aliphatic carbocycles. The van der Waals surface area contributed by atoms with E-state index in [-0.39, 0.29) is 0 Å². The summed E-state index contributed by atoms with van der Waals surface area (Å²) in [5, 5.41) is 12.1. The van der Waals surface area contributed by atoms with Gasteiger partial charge < -0.3 is 14.6 Å². The number of ether oxygens (including phenoxy) is 2. The molecule has 3 heteroatoms. The van der Waals surface area contributed by atoms with E-state index in [2.05, 4.69) is 6.92 Å². The topological polar surface area (TPSA) is 38.7 Å². The van der Waals surface area contributed by atoms with E-state index < -0.39 is 5.60 Å². The third-order valence-corrected chi connectivity index (χ3v) is 5.38. The Bertz CT molecular complexity index is 1070. The van der Waals surface area contributed by atoms with E-state index in [4.69, 9.17) is 9.47 Å². The van der Waals surface area contributed by atoms with Gasteiger partial charge in [-0.2, -0.15) is 0 Å². The smallest absolute Gasteiger partial charge is 0.162 e. The van der Waals surface area contributed by atoms with Gasteiger partial charge in [-0.3, -0.25) is 0 Å². The summed E-state index contributed by atoms with van der Waals surface area (Å²) in [5.74, 6) is 1.22. The molecule has 4 rings (SSSR count). The molecule has 0 unspecified atom stereocenters. The molecule has 4 aromatic carbocycles. The molecule has 0 aliphatic rings. The maximum Gasteiger partial charge on any atom is 0.162 e. The van der Waals surface area contributed by atoms with Gasteiger partial charge in [-0.1, -0.05) is 97.1 Å². The molecule has 0 fully saturated rings.